The molecule has 1 aromatic carbocycles. The lowest BCUT2D eigenvalue weighted by Gasteiger charge is -2.19. The first-order valence-electron chi connectivity index (χ1n) is 7.19. The summed E-state index contributed by atoms with van der Waals surface area (Å²) < 4.78 is 0. The average Bonchev–Trinajstić information content (AvgIpc) is 3.03. The molecule has 1 aromatic heterocycles. The Morgan fingerprint density at radius 1 is 1.38 bits per heavy atom. The number of thiazole rings is 1. The van der Waals surface area contributed by atoms with Crippen molar-refractivity contribution in [3.05, 3.63) is 46.4 Å². The summed E-state index contributed by atoms with van der Waals surface area (Å²) in [5, 5.41) is 5.42. The topological polar surface area (TPSA) is 45.2 Å². The number of rotatable bonds is 6. The molecule has 4 nitrogen and oxygen atoms in total. The maximum atomic E-state index is 12.4. The molecule has 0 radical (unpaired) electrons. The van der Waals surface area contributed by atoms with Gasteiger partial charge in [0, 0.05) is 29.7 Å². The highest BCUT2D eigenvalue weighted by atomic mass is 32.1. The lowest BCUT2D eigenvalue weighted by molar-refractivity contribution is 0.0773. The molecular formula is C16H21N3OS. The van der Waals surface area contributed by atoms with E-state index in [1.54, 1.807) is 11.3 Å². The maximum Gasteiger partial charge on any atom is 0.253 e. The van der Waals surface area contributed by atoms with Crippen molar-refractivity contribution in [2.45, 2.75) is 26.8 Å². The zero-order valence-electron chi connectivity index (χ0n) is 12.7. The van der Waals surface area contributed by atoms with E-state index in [1.165, 1.54) is 0 Å². The SMILES string of the molecule is CCN(CC)C(=O)c1cccc(NC(C)c2cscn2)c1. The van der Waals surface area contributed by atoms with Crippen LogP contribution in [0.15, 0.2) is 35.2 Å². The number of carbonyl (C=O) groups excluding carboxylic acids is 1. The first-order valence-corrected chi connectivity index (χ1v) is 8.14. The number of hydrogen-bond donors (Lipinski definition) is 1. The summed E-state index contributed by atoms with van der Waals surface area (Å²) in [7, 11) is 0. The minimum atomic E-state index is 0.0740. The number of aromatic nitrogens is 1. The third-order valence-corrected chi connectivity index (χ3v) is 4.04. The van der Waals surface area contributed by atoms with Crippen LogP contribution in [0.1, 0.15) is 42.9 Å². The summed E-state index contributed by atoms with van der Waals surface area (Å²) in [6.45, 7) is 7.50. The van der Waals surface area contributed by atoms with Gasteiger partial charge in [-0.05, 0) is 39.0 Å². The molecule has 0 aliphatic carbocycles. The van der Waals surface area contributed by atoms with Crippen LogP contribution in [-0.2, 0) is 0 Å². The highest BCUT2D eigenvalue weighted by molar-refractivity contribution is 7.07. The molecule has 0 spiro atoms. The predicted molar refractivity (Wildman–Crippen MR) is 87.8 cm³/mol. The fraction of sp³-hybridized carbons (Fsp3) is 0.375. The number of hydrogen-bond acceptors (Lipinski definition) is 4. The first-order chi connectivity index (χ1) is 10.2. The van der Waals surface area contributed by atoms with Crippen molar-refractivity contribution in [1.29, 1.82) is 0 Å². The third-order valence-electron chi connectivity index (χ3n) is 3.44. The van der Waals surface area contributed by atoms with Crippen molar-refractivity contribution in [3.8, 4) is 0 Å². The van der Waals surface area contributed by atoms with Gasteiger partial charge in [-0.25, -0.2) is 4.98 Å². The fourth-order valence-corrected chi connectivity index (χ4v) is 2.84. The number of amides is 1. The van der Waals surface area contributed by atoms with E-state index < -0.39 is 0 Å². The summed E-state index contributed by atoms with van der Waals surface area (Å²) in [5.74, 6) is 0.0740. The van der Waals surface area contributed by atoms with Gasteiger partial charge >= 0.3 is 0 Å². The normalized spacial score (nSPS) is 12.0. The molecule has 2 rings (SSSR count). The first kappa shape index (κ1) is 15.5. The second-order valence-corrected chi connectivity index (χ2v) is 5.56. The van der Waals surface area contributed by atoms with Gasteiger partial charge in [0.1, 0.15) is 0 Å². The minimum Gasteiger partial charge on any atom is -0.377 e. The number of nitrogens with zero attached hydrogens (tertiary/aromatic N) is 2. The summed E-state index contributed by atoms with van der Waals surface area (Å²) in [6, 6.07) is 7.77. The minimum absolute atomic E-state index is 0.0740. The Labute approximate surface area is 129 Å². The Kier molecular flexibility index (Phi) is 5.33. The van der Waals surface area contributed by atoms with Crippen LogP contribution in [0, 0.1) is 0 Å². The standard InChI is InChI=1S/C16H21N3OS/c1-4-19(5-2)16(20)13-7-6-8-14(9-13)18-12(3)15-10-21-11-17-15/h6-12,18H,4-5H2,1-3H3. The van der Waals surface area contributed by atoms with E-state index in [-0.39, 0.29) is 11.9 Å². The molecule has 0 saturated carbocycles. The maximum absolute atomic E-state index is 12.4. The van der Waals surface area contributed by atoms with E-state index in [2.05, 4.69) is 17.2 Å². The van der Waals surface area contributed by atoms with Gasteiger partial charge in [-0.15, -0.1) is 11.3 Å². The quantitative estimate of drug-likeness (QED) is 0.883. The Balaban J connectivity index is 2.12. The predicted octanol–water partition coefficient (Wildman–Crippen LogP) is 3.80. The molecule has 0 aliphatic heterocycles. The van der Waals surface area contributed by atoms with Gasteiger partial charge in [-0.1, -0.05) is 6.07 Å². The summed E-state index contributed by atoms with van der Waals surface area (Å²) in [6.07, 6.45) is 0. The molecule has 112 valence electrons. The number of anilines is 1. The van der Waals surface area contributed by atoms with Crippen molar-refractivity contribution in [2.75, 3.05) is 18.4 Å². The second kappa shape index (κ2) is 7.22. The van der Waals surface area contributed by atoms with Crippen molar-refractivity contribution in [2.24, 2.45) is 0 Å². The van der Waals surface area contributed by atoms with Gasteiger partial charge in [-0.3, -0.25) is 4.79 Å². The largest absolute Gasteiger partial charge is 0.377 e. The smallest absolute Gasteiger partial charge is 0.253 e. The summed E-state index contributed by atoms with van der Waals surface area (Å²) >= 11 is 1.58. The van der Waals surface area contributed by atoms with Crippen molar-refractivity contribution >= 4 is 22.9 Å². The number of benzene rings is 1. The van der Waals surface area contributed by atoms with Gasteiger partial charge in [-0.2, -0.15) is 0 Å². The van der Waals surface area contributed by atoms with Crippen molar-refractivity contribution in [1.82, 2.24) is 9.88 Å². The van der Waals surface area contributed by atoms with Crippen LogP contribution >= 0.6 is 11.3 Å². The molecule has 5 heteroatoms. The molecule has 1 N–H and O–H groups in total. The number of carbonyl (C=O) groups is 1. The molecule has 0 saturated heterocycles. The van der Waals surface area contributed by atoms with Crippen LogP contribution < -0.4 is 5.32 Å². The molecule has 1 heterocycles. The van der Waals surface area contributed by atoms with Crippen LogP contribution in [0.25, 0.3) is 0 Å². The Morgan fingerprint density at radius 2 is 2.14 bits per heavy atom. The van der Waals surface area contributed by atoms with E-state index in [4.69, 9.17) is 0 Å². The molecule has 1 amide bonds. The van der Waals surface area contributed by atoms with Crippen molar-refractivity contribution in [3.63, 3.8) is 0 Å². The lowest BCUT2D eigenvalue weighted by atomic mass is 10.1. The Morgan fingerprint density at radius 3 is 2.76 bits per heavy atom. The average molecular weight is 303 g/mol. The zero-order valence-corrected chi connectivity index (χ0v) is 13.5. The van der Waals surface area contributed by atoms with Crippen LogP contribution in [-0.4, -0.2) is 28.9 Å². The van der Waals surface area contributed by atoms with E-state index >= 15 is 0 Å². The molecule has 0 fully saturated rings. The molecular weight excluding hydrogens is 282 g/mol. The molecule has 1 atom stereocenters. The van der Waals surface area contributed by atoms with Gasteiger partial charge < -0.3 is 10.2 Å². The van der Waals surface area contributed by atoms with Gasteiger partial charge in [0.05, 0.1) is 17.2 Å². The van der Waals surface area contributed by atoms with Crippen LogP contribution in [0.5, 0.6) is 0 Å². The fourth-order valence-electron chi connectivity index (χ4n) is 2.20. The molecule has 2 aromatic rings. The van der Waals surface area contributed by atoms with Crippen LogP contribution in [0.3, 0.4) is 0 Å². The van der Waals surface area contributed by atoms with Gasteiger partial charge in [0.2, 0.25) is 0 Å². The highest BCUT2D eigenvalue weighted by Gasteiger charge is 2.13. The molecule has 0 bridgehead atoms. The third kappa shape index (κ3) is 3.82. The Bertz CT molecular complexity index is 579. The van der Waals surface area contributed by atoms with E-state index in [9.17, 15) is 4.79 Å². The van der Waals surface area contributed by atoms with Gasteiger partial charge in [0.15, 0.2) is 0 Å². The molecule has 0 aliphatic rings. The lowest BCUT2D eigenvalue weighted by Crippen LogP contribution is -2.30. The summed E-state index contributed by atoms with van der Waals surface area (Å²) in [5.41, 5.74) is 4.50. The summed E-state index contributed by atoms with van der Waals surface area (Å²) in [4.78, 5) is 18.5. The highest BCUT2D eigenvalue weighted by Crippen LogP contribution is 2.20. The van der Waals surface area contributed by atoms with E-state index in [0.29, 0.717) is 5.56 Å². The number of nitrogens with one attached hydrogen (secondary N) is 1. The van der Waals surface area contributed by atoms with E-state index in [0.717, 1.165) is 24.5 Å². The monoisotopic (exact) mass is 303 g/mol. The van der Waals surface area contributed by atoms with Gasteiger partial charge in [0.25, 0.3) is 5.91 Å². The van der Waals surface area contributed by atoms with Crippen LogP contribution in [0.2, 0.25) is 0 Å². The zero-order chi connectivity index (χ0) is 15.2. The molecule has 1 unspecified atom stereocenters. The second-order valence-electron chi connectivity index (χ2n) is 4.84. The van der Waals surface area contributed by atoms with Crippen LogP contribution in [0.4, 0.5) is 5.69 Å². The molecule has 21 heavy (non-hydrogen) atoms. The Hall–Kier alpha value is -1.88. The van der Waals surface area contributed by atoms with E-state index in [1.807, 2.05) is 53.9 Å². The van der Waals surface area contributed by atoms with Crippen molar-refractivity contribution < 1.29 is 4.79 Å².